The van der Waals surface area contributed by atoms with Crippen LogP contribution in [0.25, 0.3) is 45.1 Å². The number of anilines is 1. The maximum Gasteiger partial charge on any atom is 0.243 e. The lowest BCUT2D eigenvalue weighted by atomic mass is 10.0. The number of nitrogens with one attached hydrogen (secondary N) is 3. The minimum absolute atomic E-state index is 0.112. The fraction of sp³-hybridized carbons (Fsp3) is 0.343. The van der Waals surface area contributed by atoms with Gasteiger partial charge < -0.3 is 24.9 Å². The number of pyridine rings is 1. The average Bonchev–Trinajstić information content (AvgIpc) is 3.81. The Morgan fingerprint density at radius 2 is 1.78 bits per heavy atom. The molecule has 46 heavy (non-hydrogen) atoms. The van der Waals surface area contributed by atoms with Crippen molar-refractivity contribution in [3.05, 3.63) is 79.4 Å². The smallest absolute Gasteiger partial charge is 0.243 e. The molecule has 11 heteroatoms. The molecule has 1 amide bonds. The van der Waals surface area contributed by atoms with E-state index < -0.39 is 0 Å². The number of aromatic amines is 2. The number of hydrogen-bond donors (Lipinski definition) is 3. The molecule has 2 unspecified atom stereocenters. The summed E-state index contributed by atoms with van der Waals surface area (Å²) in [6.07, 6.45) is 11.0. The van der Waals surface area contributed by atoms with E-state index >= 15 is 0 Å². The molecule has 3 aliphatic heterocycles. The van der Waals surface area contributed by atoms with Crippen molar-refractivity contribution >= 4 is 22.8 Å². The molecule has 0 aliphatic carbocycles. The molecule has 0 radical (unpaired) electrons. The van der Waals surface area contributed by atoms with Gasteiger partial charge in [0, 0.05) is 31.0 Å². The number of fused-ring (bicyclic) bond motifs is 3. The summed E-state index contributed by atoms with van der Waals surface area (Å²) in [5.41, 5.74) is 6.88. The number of amides is 1. The highest BCUT2D eigenvalue weighted by Gasteiger charge is 2.39. The SMILES string of the molecule is C=CC(=O)N[C@@H]1CCCN(Cc2ccnc(-c3ncc(-c4ccc(-c5cc6c(N7C8CCC7COC8)ncnc6[nH]5)cc4)[nH]3)c2)C1. The summed E-state index contributed by atoms with van der Waals surface area (Å²) in [6, 6.07) is 15.7. The Hall–Kier alpha value is -4.87. The second kappa shape index (κ2) is 12.1. The first-order valence-corrected chi connectivity index (χ1v) is 16.1. The van der Waals surface area contributed by atoms with Crippen LogP contribution < -0.4 is 10.2 Å². The fourth-order valence-corrected chi connectivity index (χ4v) is 7.23. The maximum atomic E-state index is 11.8. The molecule has 1 aromatic carbocycles. The van der Waals surface area contributed by atoms with Gasteiger partial charge >= 0.3 is 0 Å². The van der Waals surface area contributed by atoms with E-state index in [0.29, 0.717) is 12.1 Å². The normalized spacial score (nSPS) is 21.5. The number of rotatable bonds is 8. The Bertz CT molecular complexity index is 1860. The van der Waals surface area contributed by atoms with Gasteiger partial charge in [0.15, 0.2) is 5.82 Å². The van der Waals surface area contributed by atoms with E-state index in [-0.39, 0.29) is 11.9 Å². The summed E-state index contributed by atoms with van der Waals surface area (Å²) >= 11 is 0. The quantitative estimate of drug-likeness (QED) is 0.214. The number of carbonyl (C=O) groups excluding carboxylic acids is 1. The molecule has 7 heterocycles. The number of hydrogen-bond acceptors (Lipinski definition) is 8. The number of nitrogens with zero attached hydrogens (tertiary/aromatic N) is 6. The molecular weight excluding hydrogens is 578 g/mol. The standard InChI is InChI=1S/C35H37N9O2/c1-2-32(45)40-25-4-3-13-43(18-25)17-22-11-12-36-30(14-22)34-37-16-31(42-34)24-7-5-23(6-8-24)29-15-28-33(41-29)38-21-39-35(28)44-26-9-10-27(44)20-46-19-26/h2,5-8,11-12,14-16,21,25-27H,1,3-4,9-10,13,17-20H2,(H,37,42)(H,40,45)(H,38,39,41)/t25-,26?,27?/m1/s1. The van der Waals surface area contributed by atoms with E-state index in [1.165, 1.54) is 6.08 Å². The van der Waals surface area contributed by atoms with E-state index in [9.17, 15) is 4.79 Å². The zero-order valence-corrected chi connectivity index (χ0v) is 25.7. The summed E-state index contributed by atoms with van der Waals surface area (Å²) in [7, 11) is 0. The maximum absolute atomic E-state index is 11.8. The molecule has 3 aliphatic rings. The third-order valence-electron chi connectivity index (χ3n) is 9.48. The number of H-pyrrole nitrogens is 2. The van der Waals surface area contributed by atoms with Crippen molar-refractivity contribution in [3.8, 4) is 34.0 Å². The van der Waals surface area contributed by atoms with Gasteiger partial charge in [-0.15, -0.1) is 0 Å². The first-order valence-electron chi connectivity index (χ1n) is 16.1. The van der Waals surface area contributed by atoms with Crippen molar-refractivity contribution in [2.75, 3.05) is 31.2 Å². The molecule has 0 saturated carbocycles. The van der Waals surface area contributed by atoms with Gasteiger partial charge in [-0.1, -0.05) is 30.8 Å². The Kier molecular flexibility index (Phi) is 7.55. The largest absolute Gasteiger partial charge is 0.377 e. The minimum Gasteiger partial charge on any atom is -0.377 e. The van der Waals surface area contributed by atoms with Crippen LogP contribution in [0.2, 0.25) is 0 Å². The van der Waals surface area contributed by atoms with E-state index in [1.807, 2.05) is 18.5 Å². The monoisotopic (exact) mass is 615 g/mol. The molecule has 0 spiro atoms. The molecule has 4 aromatic heterocycles. The van der Waals surface area contributed by atoms with Crippen LogP contribution in [0.5, 0.6) is 0 Å². The van der Waals surface area contributed by atoms with Gasteiger partial charge in [-0.2, -0.15) is 0 Å². The lowest BCUT2D eigenvalue weighted by Gasteiger charge is -2.35. The number of benzene rings is 1. The second-order valence-corrected chi connectivity index (χ2v) is 12.5. The van der Waals surface area contributed by atoms with Gasteiger partial charge in [-0.3, -0.25) is 14.7 Å². The van der Waals surface area contributed by atoms with Crippen molar-refractivity contribution in [3.63, 3.8) is 0 Å². The molecule has 5 aromatic rings. The highest BCUT2D eigenvalue weighted by atomic mass is 16.5. The van der Waals surface area contributed by atoms with Crippen LogP contribution >= 0.6 is 0 Å². The van der Waals surface area contributed by atoms with Crippen molar-refractivity contribution in [2.24, 2.45) is 0 Å². The number of ether oxygens (including phenoxy) is 1. The van der Waals surface area contributed by atoms with Gasteiger partial charge in [0.05, 0.1) is 42.6 Å². The summed E-state index contributed by atoms with van der Waals surface area (Å²) in [5.74, 6) is 1.62. The second-order valence-electron chi connectivity index (χ2n) is 12.5. The predicted octanol–water partition coefficient (Wildman–Crippen LogP) is 4.71. The van der Waals surface area contributed by atoms with Gasteiger partial charge in [0.25, 0.3) is 0 Å². The lowest BCUT2D eigenvalue weighted by molar-refractivity contribution is -0.117. The van der Waals surface area contributed by atoms with Crippen molar-refractivity contribution < 1.29 is 9.53 Å². The summed E-state index contributed by atoms with van der Waals surface area (Å²) in [4.78, 5) is 42.1. The summed E-state index contributed by atoms with van der Waals surface area (Å²) < 4.78 is 5.80. The molecule has 8 rings (SSSR count). The van der Waals surface area contributed by atoms with Crippen LogP contribution in [-0.4, -0.2) is 85.1 Å². The third kappa shape index (κ3) is 5.56. The van der Waals surface area contributed by atoms with Crippen LogP contribution in [0, 0.1) is 0 Å². The van der Waals surface area contributed by atoms with Crippen LogP contribution in [-0.2, 0) is 16.1 Å². The first-order chi connectivity index (χ1) is 22.6. The van der Waals surface area contributed by atoms with Gasteiger partial charge in [-0.05, 0) is 73.2 Å². The van der Waals surface area contributed by atoms with E-state index in [0.717, 1.165) is 115 Å². The lowest BCUT2D eigenvalue weighted by Crippen LogP contribution is -2.46. The van der Waals surface area contributed by atoms with Crippen LogP contribution in [0.3, 0.4) is 0 Å². The Morgan fingerprint density at radius 1 is 0.978 bits per heavy atom. The van der Waals surface area contributed by atoms with E-state index in [4.69, 9.17) is 9.72 Å². The van der Waals surface area contributed by atoms with Crippen molar-refractivity contribution in [1.29, 1.82) is 0 Å². The van der Waals surface area contributed by atoms with E-state index in [1.54, 1.807) is 6.33 Å². The van der Waals surface area contributed by atoms with Crippen LogP contribution in [0.1, 0.15) is 31.2 Å². The zero-order chi connectivity index (χ0) is 31.0. The van der Waals surface area contributed by atoms with Crippen molar-refractivity contribution in [2.45, 2.75) is 50.4 Å². The van der Waals surface area contributed by atoms with Gasteiger partial charge in [0.1, 0.15) is 23.5 Å². The minimum atomic E-state index is -0.112. The highest BCUT2D eigenvalue weighted by molar-refractivity contribution is 5.92. The molecule has 234 valence electrons. The van der Waals surface area contributed by atoms with Gasteiger partial charge in [0.2, 0.25) is 5.91 Å². The Balaban J connectivity index is 0.970. The summed E-state index contributed by atoms with van der Waals surface area (Å²) in [6.45, 7) is 7.70. The number of morpholine rings is 1. The average molecular weight is 616 g/mol. The molecule has 11 nitrogen and oxygen atoms in total. The molecular formula is C35H37N9O2. The summed E-state index contributed by atoms with van der Waals surface area (Å²) in [5, 5.41) is 4.09. The molecule has 3 N–H and O–H groups in total. The van der Waals surface area contributed by atoms with Crippen LogP contribution in [0.4, 0.5) is 5.82 Å². The molecule has 3 atom stereocenters. The Labute approximate surface area is 267 Å². The zero-order valence-electron chi connectivity index (χ0n) is 25.7. The predicted molar refractivity (Wildman–Crippen MR) is 177 cm³/mol. The van der Waals surface area contributed by atoms with E-state index in [2.05, 4.69) is 83.0 Å². The van der Waals surface area contributed by atoms with Crippen molar-refractivity contribution in [1.82, 2.24) is 40.1 Å². The first kappa shape index (κ1) is 28.6. The number of aromatic nitrogens is 6. The molecule has 2 bridgehead atoms. The highest BCUT2D eigenvalue weighted by Crippen LogP contribution is 2.37. The topological polar surface area (TPSA) is 128 Å². The Morgan fingerprint density at radius 3 is 2.59 bits per heavy atom. The number of piperidine rings is 1. The van der Waals surface area contributed by atoms with Gasteiger partial charge in [-0.25, -0.2) is 15.0 Å². The molecule has 3 fully saturated rings. The number of imidazole rings is 1. The molecule has 3 saturated heterocycles. The third-order valence-corrected chi connectivity index (χ3v) is 9.48. The number of carbonyl (C=O) groups is 1. The number of likely N-dealkylation sites (tertiary alicyclic amines) is 1. The van der Waals surface area contributed by atoms with Crippen LogP contribution in [0.15, 0.2) is 73.8 Å². The fourth-order valence-electron chi connectivity index (χ4n) is 7.23.